The zero-order chi connectivity index (χ0) is 82.8. The molecule has 0 aliphatic carbocycles. The number of hydrogen-bond acceptors (Lipinski definition) is 2. The van der Waals surface area contributed by atoms with E-state index in [1.165, 1.54) is 250 Å². The van der Waals surface area contributed by atoms with Crippen molar-refractivity contribution in [3.63, 3.8) is 0 Å². The Labute approximate surface area is 729 Å². The Morgan fingerprint density at radius 1 is 0.138 bits per heavy atom. The van der Waals surface area contributed by atoms with Crippen molar-refractivity contribution in [3.8, 4) is 22.5 Å². The molecule has 0 saturated carbocycles. The first kappa shape index (κ1) is 64.2. The molecule has 0 unspecified atom stereocenters. The van der Waals surface area contributed by atoms with Crippen LogP contribution < -0.4 is 0 Å². The maximum Gasteiger partial charge on any atom is 0.159 e. The first-order chi connectivity index (χ1) is 64.5. The van der Waals surface area contributed by atoms with Gasteiger partial charge in [-0.05, 0) is 139 Å². The van der Waals surface area contributed by atoms with E-state index in [1.54, 1.807) is 0 Å². The molecule has 0 N–H and O–H groups in total. The molecule has 0 radical (unpaired) electrons. The van der Waals surface area contributed by atoms with Gasteiger partial charge in [0, 0.05) is 172 Å². The van der Waals surface area contributed by atoms with Gasteiger partial charge in [-0.2, -0.15) is 0 Å². The third-order valence-corrected chi connectivity index (χ3v) is 31.5. The van der Waals surface area contributed by atoms with E-state index in [4.69, 9.17) is 8.83 Å². The normalized spacial score (nSPS) is 13.4. The Balaban J connectivity index is 0.558. The standard InChI is InChI=1S/C120H58N8O2/c1-8-36-90-61(19-1)66-25-15-33-76-109-105(125(90)115(66)76)57-87-85-55-104-86(56-103(85)123-91-37-9-3-23-74(91)111(109)117(87)123)88-58-106-110(112-75-24-4-10-38-92(75)124(104)118(88)112)77-34-16-30-67-78-47-59(44-46-93(78)126(106)116(67)77)60-43-45-63-80-50-100-82(52-98(80)122(96(63)48-60)95-40-18-32-73-65-22-6-12-42-108(65)130-120(73)95)69-27-14-29-71-84-53-101-83(54-102(84)128(100)114(69)71)70-28-13-26-68-81-51-97-79(49-99(81)127(101)113(68)70)62-20-2-7-35-89(62)121(97)94-39-17-31-72-64-21-5-11-41-107(64)129-119(72)94/h1-58H. The summed E-state index contributed by atoms with van der Waals surface area (Å²) in [6.07, 6.45) is 0. The van der Waals surface area contributed by atoms with Gasteiger partial charge in [-0.25, -0.2) is 0 Å². The van der Waals surface area contributed by atoms with Crippen molar-refractivity contribution in [1.29, 1.82) is 0 Å². The summed E-state index contributed by atoms with van der Waals surface area (Å²) in [7, 11) is 0. The lowest BCUT2D eigenvalue weighted by Gasteiger charge is -2.10. The summed E-state index contributed by atoms with van der Waals surface area (Å²) in [5, 5.41) is 39.6. The molecule has 590 valence electrons. The molecule has 16 heterocycles. The summed E-state index contributed by atoms with van der Waals surface area (Å²) in [5.74, 6) is 0. The molecule has 0 amide bonds. The summed E-state index contributed by atoms with van der Waals surface area (Å²) in [6, 6.07) is 134. The second-order valence-corrected chi connectivity index (χ2v) is 37.2. The largest absolute Gasteiger partial charge is 0.454 e. The predicted octanol–water partition coefficient (Wildman–Crippen LogP) is 32.2. The van der Waals surface area contributed by atoms with Gasteiger partial charge in [-0.3, -0.25) is 0 Å². The van der Waals surface area contributed by atoms with Crippen molar-refractivity contribution in [3.05, 3.63) is 352 Å². The van der Waals surface area contributed by atoms with Crippen LogP contribution >= 0.6 is 0 Å². The molecule has 0 aliphatic rings. The molecule has 0 saturated heterocycles. The van der Waals surface area contributed by atoms with Crippen LogP contribution in [0.25, 0.3) is 339 Å². The highest BCUT2D eigenvalue weighted by molar-refractivity contribution is 6.43. The van der Waals surface area contributed by atoms with Gasteiger partial charge in [0.2, 0.25) is 0 Å². The lowest BCUT2D eigenvalue weighted by Crippen LogP contribution is -1.95. The van der Waals surface area contributed by atoms with E-state index in [-0.39, 0.29) is 0 Å². The van der Waals surface area contributed by atoms with Gasteiger partial charge in [-0.1, -0.05) is 224 Å². The highest BCUT2D eigenvalue weighted by Gasteiger charge is 2.33. The Kier molecular flexibility index (Phi) is 10.5. The van der Waals surface area contributed by atoms with Crippen LogP contribution in [-0.2, 0) is 0 Å². The van der Waals surface area contributed by atoms with Crippen molar-refractivity contribution in [2.24, 2.45) is 0 Å². The molecule has 0 fully saturated rings. The maximum atomic E-state index is 7.08. The highest BCUT2D eigenvalue weighted by atomic mass is 16.3. The van der Waals surface area contributed by atoms with Crippen molar-refractivity contribution in [2.45, 2.75) is 0 Å². The number of benzene rings is 20. The molecule has 130 heavy (non-hydrogen) atoms. The van der Waals surface area contributed by atoms with E-state index in [9.17, 15) is 0 Å². The van der Waals surface area contributed by atoms with Crippen molar-refractivity contribution in [2.75, 3.05) is 0 Å². The fraction of sp³-hybridized carbons (Fsp3) is 0. The number of para-hydroxylation sites is 12. The quantitative estimate of drug-likeness (QED) is 0.177. The van der Waals surface area contributed by atoms with Crippen LogP contribution in [-0.4, -0.2) is 35.5 Å². The zero-order valence-corrected chi connectivity index (χ0v) is 68.9. The van der Waals surface area contributed by atoms with E-state index in [0.29, 0.717) is 0 Å². The van der Waals surface area contributed by atoms with Gasteiger partial charge in [-0.15, -0.1) is 0 Å². The Hall–Kier alpha value is -17.6. The molecule has 10 heteroatoms. The molecule has 10 nitrogen and oxygen atoms in total. The Morgan fingerprint density at radius 3 is 0.892 bits per heavy atom. The van der Waals surface area contributed by atoms with Gasteiger partial charge in [0.15, 0.2) is 11.2 Å². The highest BCUT2D eigenvalue weighted by Crippen LogP contribution is 2.56. The smallest absolute Gasteiger partial charge is 0.159 e. The van der Waals surface area contributed by atoms with Gasteiger partial charge in [0.1, 0.15) is 11.2 Å². The first-order valence-electron chi connectivity index (χ1n) is 45.1. The third-order valence-electron chi connectivity index (χ3n) is 31.5. The lowest BCUT2D eigenvalue weighted by molar-refractivity contribution is 0.666. The van der Waals surface area contributed by atoms with Crippen LogP contribution in [0.15, 0.2) is 361 Å². The van der Waals surface area contributed by atoms with E-state index in [1.807, 2.05) is 0 Å². The van der Waals surface area contributed by atoms with Crippen LogP contribution in [0.1, 0.15) is 0 Å². The van der Waals surface area contributed by atoms with Crippen molar-refractivity contribution in [1.82, 2.24) is 35.5 Å². The molecule has 16 aromatic heterocycles. The topological polar surface area (TPSA) is 62.6 Å². The average Bonchev–Trinajstić information content (AvgIpc) is 1.49. The summed E-state index contributed by atoms with van der Waals surface area (Å²) >= 11 is 0. The minimum absolute atomic E-state index is 0.864. The number of fused-ring (bicyclic) bond motifs is 50. The van der Waals surface area contributed by atoms with Crippen LogP contribution in [0.5, 0.6) is 0 Å². The molecule has 0 aliphatic heterocycles. The van der Waals surface area contributed by atoms with Crippen LogP contribution in [0.4, 0.5) is 0 Å². The van der Waals surface area contributed by atoms with E-state index in [0.717, 1.165) is 88.4 Å². The van der Waals surface area contributed by atoms with Crippen molar-refractivity contribution < 1.29 is 8.83 Å². The van der Waals surface area contributed by atoms with Gasteiger partial charge < -0.3 is 44.4 Å². The van der Waals surface area contributed by atoms with Crippen LogP contribution in [0, 0.1) is 0 Å². The van der Waals surface area contributed by atoms with Gasteiger partial charge >= 0.3 is 0 Å². The molecule has 20 aromatic carbocycles. The molecule has 0 atom stereocenters. The molecule has 0 bridgehead atoms. The molecule has 36 aromatic rings. The van der Waals surface area contributed by atoms with E-state index >= 15 is 0 Å². The Morgan fingerprint density at radius 2 is 0.415 bits per heavy atom. The second-order valence-electron chi connectivity index (χ2n) is 37.2. The molecule has 0 spiro atoms. The summed E-state index contributed by atoms with van der Waals surface area (Å²) < 4.78 is 34.3. The van der Waals surface area contributed by atoms with Gasteiger partial charge in [0.05, 0.1) is 133 Å². The van der Waals surface area contributed by atoms with E-state index < -0.39 is 0 Å². The number of hydrogen-bond donors (Lipinski definition) is 0. The molecule has 36 rings (SSSR count). The fourth-order valence-corrected chi connectivity index (χ4v) is 26.6. The Bertz CT molecular complexity index is 11800. The number of aromatic nitrogens is 8. The van der Waals surface area contributed by atoms with Crippen molar-refractivity contribution >= 4 is 316 Å². The zero-order valence-electron chi connectivity index (χ0n) is 68.9. The first-order valence-corrected chi connectivity index (χ1v) is 45.1. The fourth-order valence-electron chi connectivity index (χ4n) is 26.6. The number of rotatable bonds is 3. The monoisotopic (exact) mass is 1640 g/mol. The van der Waals surface area contributed by atoms with Crippen LogP contribution in [0.2, 0.25) is 0 Å². The summed E-state index contributed by atoms with van der Waals surface area (Å²) in [4.78, 5) is 0. The summed E-state index contributed by atoms with van der Waals surface area (Å²) in [6.45, 7) is 0. The van der Waals surface area contributed by atoms with E-state index in [2.05, 4.69) is 387 Å². The minimum Gasteiger partial charge on any atom is -0.454 e. The average molecular weight is 1640 g/mol. The third kappa shape index (κ3) is 7.00. The van der Waals surface area contributed by atoms with Crippen LogP contribution in [0.3, 0.4) is 0 Å². The minimum atomic E-state index is 0.864. The van der Waals surface area contributed by atoms with Gasteiger partial charge in [0.25, 0.3) is 0 Å². The maximum absolute atomic E-state index is 7.08. The predicted molar refractivity (Wildman–Crippen MR) is 543 cm³/mol. The molecular formula is C120H58N8O2. The number of furan rings is 2. The summed E-state index contributed by atoms with van der Waals surface area (Å²) in [5.41, 5.74) is 34.7. The SMILES string of the molecule is c1ccc2c(c1)oc1c(-n3c4ccccc4c4cc5c(cc43)c3cccc4c6cc7c(cc6n5c34)c3cccc4c5cc6c(cc5n7c43)c3ccc(-c4ccc5c(c4)c4cccc7c8c9c%10ccccc%10n%10c%11cc%12c%13cc%14c(c%15cccc%16c%17ccccc%17n%14c%16%15)c%14c%15ccccc%15n(c%12cc%11c(cc8n5c47)c9%10)c%13%14)cc3n6-c3cccc4c3oc3ccccc34)cccc12. The molecular weight excluding hydrogens is 1590 g/mol. The lowest BCUT2D eigenvalue weighted by atomic mass is 9.98. The number of nitrogens with zero attached hydrogens (tertiary/aromatic N) is 8. The second kappa shape index (κ2) is 21.3.